The van der Waals surface area contributed by atoms with Crippen molar-refractivity contribution in [3.8, 4) is 0 Å². The number of hydrogen-bond donors (Lipinski definition) is 1. The SMILES string of the molecule is Brc1ccccc1NC1CCOCC1.Cl. The van der Waals surface area contributed by atoms with Gasteiger partial charge in [0.15, 0.2) is 0 Å². The molecule has 2 nitrogen and oxygen atoms in total. The lowest BCUT2D eigenvalue weighted by atomic mass is 10.1. The number of hydrogen-bond acceptors (Lipinski definition) is 2. The Morgan fingerprint density at radius 3 is 2.53 bits per heavy atom. The molecule has 0 bridgehead atoms. The summed E-state index contributed by atoms with van der Waals surface area (Å²) in [5.74, 6) is 0. The van der Waals surface area contributed by atoms with Crippen molar-refractivity contribution < 1.29 is 4.74 Å². The van der Waals surface area contributed by atoms with Crippen molar-refractivity contribution in [2.24, 2.45) is 0 Å². The molecule has 0 aromatic heterocycles. The molecule has 0 radical (unpaired) electrons. The number of ether oxygens (including phenoxy) is 1. The van der Waals surface area contributed by atoms with Gasteiger partial charge in [-0.25, -0.2) is 0 Å². The Kier molecular flexibility index (Phi) is 5.43. The minimum atomic E-state index is 0. The van der Waals surface area contributed by atoms with Gasteiger partial charge in [-0.05, 0) is 40.9 Å². The first-order chi connectivity index (χ1) is 6.86. The van der Waals surface area contributed by atoms with Crippen molar-refractivity contribution in [2.45, 2.75) is 18.9 Å². The molecule has 1 heterocycles. The normalized spacial score (nSPS) is 16.9. The third kappa shape index (κ3) is 3.67. The fourth-order valence-electron chi connectivity index (χ4n) is 1.64. The van der Waals surface area contributed by atoms with E-state index >= 15 is 0 Å². The minimum Gasteiger partial charge on any atom is -0.381 e. The summed E-state index contributed by atoms with van der Waals surface area (Å²) in [7, 11) is 0. The van der Waals surface area contributed by atoms with Crippen LogP contribution in [0.1, 0.15) is 12.8 Å². The Bertz CT molecular complexity index is 302. The van der Waals surface area contributed by atoms with E-state index in [1.165, 1.54) is 5.69 Å². The van der Waals surface area contributed by atoms with Gasteiger partial charge in [-0.15, -0.1) is 12.4 Å². The highest BCUT2D eigenvalue weighted by atomic mass is 79.9. The topological polar surface area (TPSA) is 21.3 Å². The average molecular weight is 293 g/mol. The van der Waals surface area contributed by atoms with Crippen LogP contribution in [-0.4, -0.2) is 19.3 Å². The molecule has 0 aliphatic carbocycles. The zero-order valence-electron chi connectivity index (χ0n) is 8.41. The zero-order valence-corrected chi connectivity index (χ0v) is 10.8. The molecular formula is C11H15BrClNO. The first-order valence-electron chi connectivity index (χ1n) is 4.95. The standard InChI is InChI=1S/C11H14BrNO.ClH/c12-10-3-1-2-4-11(10)13-9-5-7-14-8-6-9;/h1-4,9,13H,5-8H2;1H. The van der Waals surface area contributed by atoms with Gasteiger partial charge >= 0.3 is 0 Å². The van der Waals surface area contributed by atoms with Gasteiger partial charge in [-0.3, -0.25) is 0 Å². The fourth-order valence-corrected chi connectivity index (χ4v) is 2.04. The number of anilines is 1. The van der Waals surface area contributed by atoms with Gasteiger partial charge in [0.25, 0.3) is 0 Å². The molecule has 1 aromatic rings. The summed E-state index contributed by atoms with van der Waals surface area (Å²) in [6.45, 7) is 1.75. The van der Waals surface area contributed by atoms with Crippen molar-refractivity contribution >= 4 is 34.0 Å². The van der Waals surface area contributed by atoms with Gasteiger partial charge in [-0.1, -0.05) is 12.1 Å². The summed E-state index contributed by atoms with van der Waals surface area (Å²) in [6.07, 6.45) is 2.20. The third-order valence-corrected chi connectivity index (χ3v) is 3.15. The Labute approximate surface area is 105 Å². The van der Waals surface area contributed by atoms with E-state index < -0.39 is 0 Å². The first kappa shape index (κ1) is 12.8. The predicted octanol–water partition coefficient (Wildman–Crippen LogP) is 3.46. The summed E-state index contributed by atoms with van der Waals surface area (Å²) < 4.78 is 6.45. The van der Waals surface area contributed by atoms with Crippen molar-refractivity contribution in [3.05, 3.63) is 28.7 Å². The van der Waals surface area contributed by atoms with E-state index in [4.69, 9.17) is 4.74 Å². The Morgan fingerprint density at radius 1 is 1.20 bits per heavy atom. The smallest absolute Gasteiger partial charge is 0.0486 e. The van der Waals surface area contributed by atoms with Crippen LogP contribution in [0.5, 0.6) is 0 Å². The quantitative estimate of drug-likeness (QED) is 0.901. The fraction of sp³-hybridized carbons (Fsp3) is 0.455. The molecular weight excluding hydrogens is 277 g/mol. The van der Waals surface area contributed by atoms with Crippen LogP contribution in [-0.2, 0) is 4.74 Å². The van der Waals surface area contributed by atoms with E-state index in [1.54, 1.807) is 0 Å². The largest absolute Gasteiger partial charge is 0.381 e. The maximum atomic E-state index is 5.32. The second-order valence-electron chi connectivity index (χ2n) is 3.51. The van der Waals surface area contributed by atoms with Crippen LogP contribution in [0.4, 0.5) is 5.69 Å². The average Bonchev–Trinajstić information content (AvgIpc) is 2.23. The van der Waals surface area contributed by atoms with Gasteiger partial charge in [0.2, 0.25) is 0 Å². The second kappa shape index (κ2) is 6.36. The lowest BCUT2D eigenvalue weighted by Crippen LogP contribution is -2.27. The lowest BCUT2D eigenvalue weighted by Gasteiger charge is -2.24. The molecule has 2 rings (SSSR count). The molecule has 1 aromatic carbocycles. The van der Waals surface area contributed by atoms with Gasteiger partial charge in [0.1, 0.15) is 0 Å². The van der Waals surface area contributed by atoms with Crippen LogP contribution < -0.4 is 5.32 Å². The monoisotopic (exact) mass is 291 g/mol. The molecule has 84 valence electrons. The Hall–Kier alpha value is -0.250. The van der Waals surface area contributed by atoms with E-state index in [-0.39, 0.29) is 12.4 Å². The number of halogens is 2. The van der Waals surface area contributed by atoms with Crippen LogP contribution in [0, 0.1) is 0 Å². The number of rotatable bonds is 2. The van der Waals surface area contributed by atoms with E-state index in [1.807, 2.05) is 12.1 Å². The predicted molar refractivity (Wildman–Crippen MR) is 68.9 cm³/mol. The first-order valence-corrected chi connectivity index (χ1v) is 5.74. The molecule has 1 aliphatic rings. The van der Waals surface area contributed by atoms with Crippen LogP contribution in [0.25, 0.3) is 0 Å². The summed E-state index contributed by atoms with van der Waals surface area (Å²) in [4.78, 5) is 0. The number of para-hydroxylation sites is 1. The molecule has 1 saturated heterocycles. The molecule has 1 aliphatic heterocycles. The van der Waals surface area contributed by atoms with Crippen LogP contribution in [0.15, 0.2) is 28.7 Å². The molecule has 1 fully saturated rings. The van der Waals surface area contributed by atoms with E-state index in [9.17, 15) is 0 Å². The van der Waals surface area contributed by atoms with Crippen LogP contribution in [0.3, 0.4) is 0 Å². The highest BCUT2D eigenvalue weighted by Crippen LogP contribution is 2.23. The highest BCUT2D eigenvalue weighted by molar-refractivity contribution is 9.10. The molecule has 15 heavy (non-hydrogen) atoms. The molecule has 0 saturated carbocycles. The number of benzene rings is 1. The Morgan fingerprint density at radius 2 is 1.87 bits per heavy atom. The van der Waals surface area contributed by atoms with Crippen molar-refractivity contribution in [2.75, 3.05) is 18.5 Å². The molecule has 0 amide bonds. The molecule has 0 unspecified atom stereocenters. The molecule has 4 heteroatoms. The van der Waals surface area contributed by atoms with Gasteiger partial charge < -0.3 is 10.1 Å². The molecule has 1 N–H and O–H groups in total. The van der Waals surface area contributed by atoms with Gasteiger partial charge in [-0.2, -0.15) is 0 Å². The van der Waals surface area contributed by atoms with Gasteiger partial charge in [0, 0.05) is 29.4 Å². The summed E-state index contributed by atoms with van der Waals surface area (Å²) in [5.41, 5.74) is 1.18. The third-order valence-electron chi connectivity index (χ3n) is 2.45. The summed E-state index contributed by atoms with van der Waals surface area (Å²) in [5, 5.41) is 3.52. The van der Waals surface area contributed by atoms with Crippen LogP contribution in [0.2, 0.25) is 0 Å². The number of nitrogens with one attached hydrogen (secondary N) is 1. The van der Waals surface area contributed by atoms with Crippen molar-refractivity contribution in [1.29, 1.82) is 0 Å². The van der Waals surface area contributed by atoms with E-state index in [0.29, 0.717) is 6.04 Å². The lowest BCUT2D eigenvalue weighted by molar-refractivity contribution is 0.0904. The molecule has 0 spiro atoms. The van der Waals surface area contributed by atoms with Gasteiger partial charge in [0.05, 0.1) is 0 Å². The molecule has 0 atom stereocenters. The minimum absolute atomic E-state index is 0. The highest BCUT2D eigenvalue weighted by Gasteiger charge is 2.13. The van der Waals surface area contributed by atoms with Crippen molar-refractivity contribution in [1.82, 2.24) is 0 Å². The van der Waals surface area contributed by atoms with E-state index in [2.05, 4.69) is 33.4 Å². The zero-order chi connectivity index (χ0) is 9.80. The van der Waals surface area contributed by atoms with E-state index in [0.717, 1.165) is 30.5 Å². The maximum Gasteiger partial charge on any atom is 0.0486 e. The Balaban J connectivity index is 0.00000112. The maximum absolute atomic E-state index is 5.32. The summed E-state index contributed by atoms with van der Waals surface area (Å²) >= 11 is 3.53. The second-order valence-corrected chi connectivity index (χ2v) is 4.37. The summed E-state index contributed by atoms with van der Waals surface area (Å²) in [6, 6.07) is 8.79. The van der Waals surface area contributed by atoms with Crippen LogP contribution >= 0.6 is 28.3 Å². The van der Waals surface area contributed by atoms with Crippen molar-refractivity contribution in [3.63, 3.8) is 0 Å².